The minimum atomic E-state index is -0.330. The van der Waals surface area contributed by atoms with Crippen LogP contribution in [0.3, 0.4) is 0 Å². The van der Waals surface area contributed by atoms with Gasteiger partial charge in [-0.25, -0.2) is 0 Å². The van der Waals surface area contributed by atoms with Gasteiger partial charge in [0.15, 0.2) is 6.61 Å². The number of benzene rings is 1. The van der Waals surface area contributed by atoms with Gasteiger partial charge in [-0.2, -0.15) is 0 Å². The molecule has 2 N–H and O–H groups in total. The number of aromatic nitrogens is 1. The van der Waals surface area contributed by atoms with E-state index in [4.69, 9.17) is 4.74 Å². The molecule has 1 aliphatic carbocycles. The molecule has 1 aliphatic heterocycles. The molecule has 8 heteroatoms. The molecule has 1 aromatic carbocycles. The number of likely N-dealkylation sites (tertiary alicyclic amines) is 1. The third kappa shape index (κ3) is 6.29. The standard InChI is InChI=1S/C24H28N4O4/c29-22(27-19-6-7-19)16-32-21-8-4-17(5-9-21)10-12-26-24(31)18-13-23(30)28(14-18)15-20-3-1-2-11-25-20/h1-5,8-9,11,18-19H,6-7,10,12-16H2,(H,26,31)(H,27,29). The maximum Gasteiger partial charge on any atom is 0.258 e. The third-order valence-corrected chi connectivity index (χ3v) is 5.61. The zero-order chi connectivity index (χ0) is 22.3. The fraction of sp³-hybridized carbons (Fsp3) is 0.417. The molecule has 0 radical (unpaired) electrons. The number of amides is 3. The van der Waals surface area contributed by atoms with Crippen LogP contribution in [0.4, 0.5) is 0 Å². The van der Waals surface area contributed by atoms with E-state index in [1.807, 2.05) is 42.5 Å². The van der Waals surface area contributed by atoms with Gasteiger partial charge in [-0.1, -0.05) is 18.2 Å². The van der Waals surface area contributed by atoms with E-state index in [-0.39, 0.29) is 36.7 Å². The summed E-state index contributed by atoms with van der Waals surface area (Å²) in [6.45, 7) is 1.36. The predicted octanol–water partition coefficient (Wildman–Crippen LogP) is 1.45. The molecule has 168 valence electrons. The third-order valence-electron chi connectivity index (χ3n) is 5.61. The number of rotatable bonds is 10. The molecule has 2 aromatic rings. The number of carbonyl (C=O) groups is 3. The molecule has 1 atom stereocenters. The van der Waals surface area contributed by atoms with Crippen LogP contribution >= 0.6 is 0 Å². The van der Waals surface area contributed by atoms with Crippen LogP contribution in [0.25, 0.3) is 0 Å². The lowest BCUT2D eigenvalue weighted by atomic mass is 10.1. The molecule has 4 rings (SSSR count). The Balaban J connectivity index is 1.16. The second-order valence-electron chi connectivity index (χ2n) is 8.31. The van der Waals surface area contributed by atoms with Gasteiger partial charge in [0.1, 0.15) is 5.75 Å². The van der Waals surface area contributed by atoms with Gasteiger partial charge in [0.2, 0.25) is 11.8 Å². The van der Waals surface area contributed by atoms with Crippen LogP contribution in [0.5, 0.6) is 5.75 Å². The number of nitrogens with zero attached hydrogens (tertiary/aromatic N) is 2. The van der Waals surface area contributed by atoms with Crippen LogP contribution < -0.4 is 15.4 Å². The van der Waals surface area contributed by atoms with E-state index < -0.39 is 0 Å². The summed E-state index contributed by atoms with van der Waals surface area (Å²) in [6.07, 6.45) is 4.71. The van der Waals surface area contributed by atoms with Crippen LogP contribution in [-0.2, 0) is 27.3 Å². The van der Waals surface area contributed by atoms with Gasteiger partial charge < -0.3 is 20.3 Å². The maximum absolute atomic E-state index is 12.5. The molecular weight excluding hydrogens is 408 g/mol. The highest BCUT2D eigenvalue weighted by Gasteiger charge is 2.34. The lowest BCUT2D eigenvalue weighted by molar-refractivity contribution is -0.129. The molecule has 2 fully saturated rings. The van der Waals surface area contributed by atoms with Gasteiger partial charge in [-0.15, -0.1) is 0 Å². The van der Waals surface area contributed by atoms with E-state index >= 15 is 0 Å². The van der Waals surface area contributed by atoms with E-state index in [0.717, 1.165) is 24.1 Å². The molecular formula is C24H28N4O4. The summed E-state index contributed by atoms with van der Waals surface area (Å²) >= 11 is 0. The Hall–Kier alpha value is -3.42. The zero-order valence-electron chi connectivity index (χ0n) is 18.0. The monoisotopic (exact) mass is 436 g/mol. The van der Waals surface area contributed by atoms with Crippen LogP contribution in [-0.4, -0.2) is 53.3 Å². The minimum absolute atomic E-state index is 0.0165. The first kappa shape index (κ1) is 21.8. The van der Waals surface area contributed by atoms with Crippen molar-refractivity contribution >= 4 is 17.7 Å². The molecule has 1 aromatic heterocycles. The van der Waals surface area contributed by atoms with Gasteiger partial charge in [0.05, 0.1) is 18.2 Å². The van der Waals surface area contributed by atoms with E-state index in [1.165, 1.54) is 0 Å². The Morgan fingerprint density at radius 3 is 2.66 bits per heavy atom. The maximum atomic E-state index is 12.5. The Morgan fingerprint density at radius 2 is 1.94 bits per heavy atom. The van der Waals surface area contributed by atoms with Crippen LogP contribution in [0, 0.1) is 5.92 Å². The Morgan fingerprint density at radius 1 is 1.12 bits per heavy atom. The fourth-order valence-electron chi connectivity index (χ4n) is 3.66. The van der Waals surface area contributed by atoms with E-state index in [9.17, 15) is 14.4 Å². The lowest BCUT2D eigenvalue weighted by Crippen LogP contribution is -2.34. The minimum Gasteiger partial charge on any atom is -0.484 e. The Bertz CT molecular complexity index is 944. The first-order valence-corrected chi connectivity index (χ1v) is 11.0. The molecule has 0 spiro atoms. The van der Waals surface area contributed by atoms with E-state index in [1.54, 1.807) is 11.1 Å². The van der Waals surface area contributed by atoms with E-state index in [0.29, 0.717) is 37.8 Å². The molecule has 8 nitrogen and oxygen atoms in total. The fourth-order valence-corrected chi connectivity index (χ4v) is 3.66. The second-order valence-corrected chi connectivity index (χ2v) is 8.31. The van der Waals surface area contributed by atoms with Crippen molar-refractivity contribution in [1.29, 1.82) is 0 Å². The van der Waals surface area contributed by atoms with Crippen molar-refractivity contribution < 1.29 is 19.1 Å². The van der Waals surface area contributed by atoms with Crippen molar-refractivity contribution in [3.05, 3.63) is 59.9 Å². The van der Waals surface area contributed by atoms with Crippen molar-refractivity contribution in [3.63, 3.8) is 0 Å². The highest BCUT2D eigenvalue weighted by Crippen LogP contribution is 2.20. The summed E-state index contributed by atoms with van der Waals surface area (Å²) in [6, 6.07) is 13.4. The van der Waals surface area contributed by atoms with Crippen molar-refractivity contribution in [2.75, 3.05) is 19.7 Å². The van der Waals surface area contributed by atoms with Crippen molar-refractivity contribution in [1.82, 2.24) is 20.5 Å². The van der Waals surface area contributed by atoms with Gasteiger partial charge in [0.25, 0.3) is 5.91 Å². The van der Waals surface area contributed by atoms with Crippen molar-refractivity contribution in [2.24, 2.45) is 5.92 Å². The summed E-state index contributed by atoms with van der Waals surface area (Å²) in [5.74, 6) is 0.106. The summed E-state index contributed by atoms with van der Waals surface area (Å²) in [5.41, 5.74) is 1.87. The highest BCUT2D eigenvalue weighted by molar-refractivity contribution is 5.89. The van der Waals surface area contributed by atoms with Crippen LogP contribution in [0.2, 0.25) is 0 Å². The number of ether oxygens (including phenoxy) is 1. The molecule has 32 heavy (non-hydrogen) atoms. The number of carbonyl (C=O) groups excluding carboxylic acids is 3. The quantitative estimate of drug-likeness (QED) is 0.587. The summed E-state index contributed by atoms with van der Waals surface area (Å²) in [7, 11) is 0. The number of hydrogen-bond acceptors (Lipinski definition) is 5. The van der Waals surface area contributed by atoms with Gasteiger partial charge >= 0.3 is 0 Å². The molecule has 0 bridgehead atoms. The van der Waals surface area contributed by atoms with Gasteiger partial charge in [0, 0.05) is 31.7 Å². The van der Waals surface area contributed by atoms with E-state index in [2.05, 4.69) is 15.6 Å². The smallest absolute Gasteiger partial charge is 0.258 e. The first-order valence-electron chi connectivity index (χ1n) is 11.0. The van der Waals surface area contributed by atoms with Crippen LogP contribution in [0.15, 0.2) is 48.7 Å². The SMILES string of the molecule is O=C(COc1ccc(CCNC(=O)C2CC(=O)N(Cc3ccccn3)C2)cc1)NC1CC1. The average molecular weight is 437 g/mol. The van der Waals surface area contributed by atoms with Crippen LogP contribution in [0.1, 0.15) is 30.5 Å². The number of pyridine rings is 1. The Labute approximate surface area is 187 Å². The summed E-state index contributed by atoms with van der Waals surface area (Å²) in [4.78, 5) is 42.4. The largest absolute Gasteiger partial charge is 0.484 e. The normalized spacial score (nSPS) is 17.8. The predicted molar refractivity (Wildman–Crippen MR) is 118 cm³/mol. The number of nitrogens with one attached hydrogen (secondary N) is 2. The van der Waals surface area contributed by atoms with Crippen molar-refractivity contribution in [3.8, 4) is 5.75 Å². The van der Waals surface area contributed by atoms with Gasteiger partial charge in [-0.05, 0) is 49.1 Å². The lowest BCUT2D eigenvalue weighted by Gasteiger charge is -2.16. The molecule has 2 aliphatic rings. The first-order chi connectivity index (χ1) is 15.6. The molecule has 3 amide bonds. The molecule has 1 unspecified atom stereocenters. The van der Waals surface area contributed by atoms with Crippen molar-refractivity contribution in [2.45, 2.75) is 38.3 Å². The topological polar surface area (TPSA) is 101 Å². The molecule has 1 saturated heterocycles. The Kier molecular flexibility index (Phi) is 6.99. The zero-order valence-corrected chi connectivity index (χ0v) is 18.0. The molecule has 2 heterocycles. The summed E-state index contributed by atoms with van der Waals surface area (Å²) in [5, 5.41) is 5.82. The average Bonchev–Trinajstić information content (AvgIpc) is 3.54. The second kappa shape index (κ2) is 10.3. The van der Waals surface area contributed by atoms with Gasteiger partial charge in [-0.3, -0.25) is 19.4 Å². The summed E-state index contributed by atoms with van der Waals surface area (Å²) < 4.78 is 5.50. The highest BCUT2D eigenvalue weighted by atomic mass is 16.5. The molecule has 1 saturated carbocycles. The number of hydrogen-bond donors (Lipinski definition) is 2.